The first-order valence-corrected chi connectivity index (χ1v) is 11.1. The van der Waals surface area contributed by atoms with E-state index in [0.29, 0.717) is 17.2 Å². The molecule has 1 N–H and O–H groups in total. The van der Waals surface area contributed by atoms with Crippen LogP contribution in [-0.2, 0) is 0 Å². The van der Waals surface area contributed by atoms with Gasteiger partial charge in [0.25, 0.3) is 17.7 Å². The third-order valence-corrected chi connectivity index (χ3v) is 6.95. The van der Waals surface area contributed by atoms with E-state index in [1.165, 1.54) is 38.5 Å². The van der Waals surface area contributed by atoms with Crippen LogP contribution < -0.4 is 19.7 Å². The predicted molar refractivity (Wildman–Crippen MR) is 132 cm³/mol. The Labute approximate surface area is 214 Å². The molecule has 3 aromatic rings. The van der Waals surface area contributed by atoms with Crippen LogP contribution in [0, 0.1) is 0 Å². The third kappa shape index (κ3) is 3.95. The number of hydrogen-bond donors (Lipinski definition) is 1. The highest BCUT2D eigenvalue weighted by Crippen LogP contribution is 2.45. The van der Waals surface area contributed by atoms with E-state index < -0.39 is 17.7 Å². The van der Waals surface area contributed by atoms with Gasteiger partial charge in [0.15, 0.2) is 0 Å². The molecular formula is C23H14Cl4N2O5. The number of nitrogens with one attached hydrogen (secondary N) is 1. The molecule has 3 aromatic carbocycles. The zero-order valence-corrected chi connectivity index (χ0v) is 20.6. The van der Waals surface area contributed by atoms with Crippen molar-refractivity contribution in [3.63, 3.8) is 0 Å². The molecule has 34 heavy (non-hydrogen) atoms. The summed E-state index contributed by atoms with van der Waals surface area (Å²) in [6.07, 6.45) is 0. The van der Waals surface area contributed by atoms with Crippen molar-refractivity contribution < 1.29 is 23.9 Å². The largest absolute Gasteiger partial charge is 0.497 e. The number of amides is 3. The van der Waals surface area contributed by atoms with Crippen molar-refractivity contribution in [2.75, 3.05) is 24.4 Å². The number of nitrogens with zero attached hydrogens (tertiary/aromatic N) is 1. The number of halogens is 4. The van der Waals surface area contributed by atoms with E-state index in [4.69, 9.17) is 55.9 Å². The molecule has 0 fully saturated rings. The molecule has 0 radical (unpaired) electrons. The molecule has 0 aliphatic carbocycles. The first-order valence-electron chi connectivity index (χ1n) is 9.57. The molecule has 1 aliphatic heterocycles. The summed E-state index contributed by atoms with van der Waals surface area (Å²) in [5.41, 5.74) is 0.680. The quantitative estimate of drug-likeness (QED) is 0.231. The van der Waals surface area contributed by atoms with E-state index in [0.717, 1.165) is 4.90 Å². The number of ether oxygens (including phenoxy) is 2. The van der Waals surface area contributed by atoms with Crippen LogP contribution in [0.1, 0.15) is 31.1 Å². The summed E-state index contributed by atoms with van der Waals surface area (Å²) in [5.74, 6) is -0.845. The normalized spacial score (nSPS) is 12.6. The smallest absolute Gasteiger partial charge is 0.267 e. The Morgan fingerprint density at radius 3 is 1.85 bits per heavy atom. The van der Waals surface area contributed by atoms with Crippen molar-refractivity contribution in [2.45, 2.75) is 0 Å². The number of methoxy groups -OCH3 is 2. The number of imide groups is 1. The monoisotopic (exact) mass is 538 g/mol. The Hall–Kier alpha value is -2.97. The van der Waals surface area contributed by atoms with Crippen LogP contribution in [0.4, 0.5) is 11.4 Å². The Bertz CT molecular complexity index is 1310. The summed E-state index contributed by atoms with van der Waals surface area (Å²) in [5, 5.41) is 2.20. The fraction of sp³-hybridized carbons (Fsp3) is 0.0870. The standard InChI is InChI=1S/C23H14Cl4N2O5/c1-33-12-7-8-13(14(9-12)34-2)28-21(30)10-3-5-11(6-4-10)29-22(31)15-16(23(29)32)18(25)20(27)19(26)17(15)24/h3-9H,1-2H3,(H,28,30). The van der Waals surface area contributed by atoms with Crippen LogP contribution in [0.3, 0.4) is 0 Å². The Morgan fingerprint density at radius 2 is 1.35 bits per heavy atom. The maximum absolute atomic E-state index is 13.0. The molecule has 3 amide bonds. The molecule has 0 saturated heterocycles. The van der Waals surface area contributed by atoms with Crippen molar-refractivity contribution >= 4 is 75.5 Å². The fourth-order valence-corrected chi connectivity index (χ4v) is 4.46. The molecule has 0 saturated carbocycles. The van der Waals surface area contributed by atoms with Crippen LogP contribution in [0.5, 0.6) is 11.5 Å². The number of hydrogen-bond acceptors (Lipinski definition) is 5. The second-order valence-electron chi connectivity index (χ2n) is 7.02. The van der Waals surface area contributed by atoms with Gasteiger partial charge in [0.2, 0.25) is 0 Å². The minimum absolute atomic E-state index is 0.115. The molecule has 174 valence electrons. The van der Waals surface area contributed by atoms with E-state index >= 15 is 0 Å². The first kappa shape index (κ1) is 24.2. The van der Waals surface area contributed by atoms with Gasteiger partial charge in [-0.05, 0) is 36.4 Å². The van der Waals surface area contributed by atoms with E-state index in [-0.39, 0.29) is 42.5 Å². The number of fused-ring (bicyclic) bond motifs is 1. The summed E-state index contributed by atoms with van der Waals surface area (Å²) in [6, 6.07) is 10.8. The number of rotatable bonds is 5. The molecule has 1 aliphatic rings. The second-order valence-corrected chi connectivity index (χ2v) is 8.53. The highest BCUT2D eigenvalue weighted by atomic mass is 35.5. The van der Waals surface area contributed by atoms with Gasteiger partial charge in [0, 0.05) is 11.6 Å². The molecule has 0 aromatic heterocycles. The highest BCUT2D eigenvalue weighted by Gasteiger charge is 2.42. The lowest BCUT2D eigenvalue weighted by Crippen LogP contribution is -2.29. The molecule has 1 heterocycles. The minimum Gasteiger partial charge on any atom is -0.497 e. The zero-order chi connectivity index (χ0) is 24.7. The molecule has 0 unspecified atom stereocenters. The first-order chi connectivity index (χ1) is 16.2. The number of carbonyl (C=O) groups is 3. The van der Waals surface area contributed by atoms with Crippen LogP contribution in [0.15, 0.2) is 42.5 Å². The lowest BCUT2D eigenvalue weighted by atomic mass is 10.1. The van der Waals surface area contributed by atoms with E-state index in [2.05, 4.69) is 5.32 Å². The maximum Gasteiger partial charge on any atom is 0.267 e. The van der Waals surface area contributed by atoms with Crippen molar-refractivity contribution in [3.05, 3.63) is 79.2 Å². The highest BCUT2D eigenvalue weighted by molar-refractivity contribution is 6.56. The SMILES string of the molecule is COc1ccc(NC(=O)c2ccc(N3C(=O)c4c(Cl)c(Cl)c(Cl)c(Cl)c4C3=O)cc2)c(OC)c1. The van der Waals surface area contributed by atoms with Crippen molar-refractivity contribution in [3.8, 4) is 11.5 Å². The van der Waals surface area contributed by atoms with Gasteiger partial charge in [0.05, 0.1) is 56.8 Å². The van der Waals surface area contributed by atoms with E-state index in [1.54, 1.807) is 18.2 Å². The lowest BCUT2D eigenvalue weighted by Gasteiger charge is -2.15. The predicted octanol–water partition coefficient (Wildman–Crippen LogP) is 6.37. The molecule has 7 nitrogen and oxygen atoms in total. The summed E-state index contributed by atoms with van der Waals surface area (Å²) in [6.45, 7) is 0. The molecule has 0 atom stereocenters. The number of carbonyl (C=O) groups excluding carboxylic acids is 3. The molecular weight excluding hydrogens is 526 g/mol. The fourth-order valence-electron chi connectivity index (χ4n) is 3.44. The van der Waals surface area contributed by atoms with Crippen molar-refractivity contribution in [1.29, 1.82) is 0 Å². The maximum atomic E-state index is 13.0. The Kier molecular flexibility index (Phi) is 6.64. The van der Waals surface area contributed by atoms with Crippen molar-refractivity contribution in [1.82, 2.24) is 0 Å². The average Bonchev–Trinajstić information content (AvgIpc) is 3.11. The van der Waals surface area contributed by atoms with Gasteiger partial charge >= 0.3 is 0 Å². The Balaban J connectivity index is 1.60. The molecule has 0 bridgehead atoms. The average molecular weight is 540 g/mol. The number of benzene rings is 3. The van der Waals surface area contributed by atoms with Gasteiger partial charge in [-0.3, -0.25) is 14.4 Å². The van der Waals surface area contributed by atoms with Crippen LogP contribution in [-0.4, -0.2) is 31.9 Å². The second kappa shape index (κ2) is 9.35. The van der Waals surface area contributed by atoms with Crippen LogP contribution in [0.25, 0.3) is 0 Å². The third-order valence-electron chi connectivity index (χ3n) is 5.15. The lowest BCUT2D eigenvalue weighted by molar-refractivity contribution is 0.0925. The van der Waals surface area contributed by atoms with E-state index in [9.17, 15) is 14.4 Å². The van der Waals surface area contributed by atoms with Gasteiger partial charge in [-0.2, -0.15) is 0 Å². The van der Waals surface area contributed by atoms with Gasteiger partial charge in [-0.1, -0.05) is 46.4 Å². The summed E-state index contributed by atoms with van der Waals surface area (Å²) < 4.78 is 10.4. The summed E-state index contributed by atoms with van der Waals surface area (Å²) >= 11 is 24.4. The summed E-state index contributed by atoms with van der Waals surface area (Å²) in [4.78, 5) is 39.6. The van der Waals surface area contributed by atoms with Gasteiger partial charge in [0.1, 0.15) is 11.5 Å². The number of anilines is 2. The molecule has 4 rings (SSSR count). The topological polar surface area (TPSA) is 84.9 Å². The summed E-state index contributed by atoms with van der Waals surface area (Å²) in [7, 11) is 2.99. The van der Waals surface area contributed by atoms with E-state index in [1.807, 2.05) is 0 Å². The van der Waals surface area contributed by atoms with Crippen LogP contribution >= 0.6 is 46.4 Å². The van der Waals surface area contributed by atoms with Gasteiger partial charge in [-0.15, -0.1) is 0 Å². The van der Waals surface area contributed by atoms with Crippen molar-refractivity contribution in [2.24, 2.45) is 0 Å². The van der Waals surface area contributed by atoms with Crippen LogP contribution in [0.2, 0.25) is 20.1 Å². The minimum atomic E-state index is -0.703. The Morgan fingerprint density at radius 1 is 0.794 bits per heavy atom. The zero-order valence-electron chi connectivity index (χ0n) is 17.5. The molecule has 0 spiro atoms. The van der Waals surface area contributed by atoms with Gasteiger partial charge in [-0.25, -0.2) is 4.90 Å². The van der Waals surface area contributed by atoms with Gasteiger partial charge < -0.3 is 14.8 Å². The molecule has 11 heteroatoms.